The molecule has 2 unspecified atom stereocenters. The van der Waals surface area contributed by atoms with Crippen LogP contribution in [0.1, 0.15) is 47.0 Å². The summed E-state index contributed by atoms with van der Waals surface area (Å²) in [5.41, 5.74) is 17.9. The Morgan fingerprint density at radius 2 is 2.06 bits per heavy atom. The summed E-state index contributed by atoms with van der Waals surface area (Å²) in [6.45, 7) is 9.80. The van der Waals surface area contributed by atoms with Crippen LogP contribution < -0.4 is 27.4 Å². The third kappa shape index (κ3) is 5.12. The molecule has 2 aliphatic heterocycles. The summed E-state index contributed by atoms with van der Waals surface area (Å²) in [4.78, 5) is 18.9. The van der Waals surface area contributed by atoms with Crippen molar-refractivity contribution in [2.24, 2.45) is 16.5 Å². The molecule has 32 heavy (non-hydrogen) atoms. The van der Waals surface area contributed by atoms with Gasteiger partial charge in [0.1, 0.15) is 17.2 Å². The number of carbonyl (C=O) groups is 1. The highest BCUT2D eigenvalue weighted by Crippen LogP contribution is 2.29. The fraction of sp³-hybridized carbons (Fsp3) is 0.478. The van der Waals surface area contributed by atoms with Crippen molar-refractivity contribution in [1.29, 1.82) is 0 Å². The molecule has 3 rings (SSSR count). The van der Waals surface area contributed by atoms with Gasteiger partial charge in [0.15, 0.2) is 11.9 Å². The second-order valence-electron chi connectivity index (χ2n) is 8.25. The number of amides is 1. The van der Waals surface area contributed by atoms with E-state index >= 15 is 0 Å². The van der Waals surface area contributed by atoms with Crippen molar-refractivity contribution < 1.29 is 4.79 Å². The number of carbonyl (C=O) groups excluding carboxylic acids is 1. The van der Waals surface area contributed by atoms with Crippen molar-refractivity contribution >= 4 is 23.3 Å². The van der Waals surface area contributed by atoms with Crippen molar-refractivity contribution in [3.05, 3.63) is 57.3 Å². The quantitative estimate of drug-likeness (QED) is 0.372. The van der Waals surface area contributed by atoms with E-state index in [1.54, 1.807) is 0 Å². The molecule has 0 aromatic heterocycles. The summed E-state index contributed by atoms with van der Waals surface area (Å²) in [5.74, 6) is -0.138. The molecule has 0 bridgehead atoms. The van der Waals surface area contributed by atoms with Gasteiger partial charge in [0, 0.05) is 12.2 Å². The Balaban J connectivity index is 1.69. The van der Waals surface area contributed by atoms with Gasteiger partial charge in [-0.15, -0.1) is 0 Å². The van der Waals surface area contributed by atoms with Crippen LogP contribution in [0.25, 0.3) is 0 Å². The summed E-state index contributed by atoms with van der Waals surface area (Å²) < 4.78 is 0. The van der Waals surface area contributed by atoms with Gasteiger partial charge < -0.3 is 32.3 Å². The lowest BCUT2D eigenvalue weighted by Gasteiger charge is -2.29. The standard InChI is InChI=1S/C23H34ClN7O/c1-5-16-17(11-14(4)15-9-7-13(3)8-10-15)31(6-2)18(28-16)12-27-23(32)19-21(25)30-22(26)20(24)29-19/h7,9,11,18-19,28-29H,5-6,8,10,12,26H2,1-4H3,(H2,25,30)(H,27,32)/b14-11+. The zero-order valence-electron chi connectivity index (χ0n) is 19.3. The van der Waals surface area contributed by atoms with Crippen LogP contribution in [0.2, 0.25) is 0 Å². The van der Waals surface area contributed by atoms with Gasteiger partial charge in [-0.3, -0.25) is 4.79 Å². The van der Waals surface area contributed by atoms with Crippen LogP contribution >= 0.6 is 11.6 Å². The monoisotopic (exact) mass is 459 g/mol. The van der Waals surface area contributed by atoms with Crippen LogP contribution in [0.4, 0.5) is 0 Å². The molecule has 2 atom stereocenters. The van der Waals surface area contributed by atoms with Gasteiger partial charge in [0.2, 0.25) is 0 Å². The molecule has 0 saturated carbocycles. The molecule has 9 heteroatoms. The fourth-order valence-corrected chi connectivity index (χ4v) is 4.25. The number of halogens is 1. The van der Waals surface area contributed by atoms with E-state index in [0.29, 0.717) is 6.54 Å². The Hall–Kier alpha value is -2.87. The normalized spacial score (nSPS) is 24.0. The second kappa shape index (κ2) is 10.2. The highest BCUT2D eigenvalue weighted by molar-refractivity contribution is 6.30. The number of nitrogens with one attached hydrogen (secondary N) is 3. The number of amidine groups is 1. The molecule has 174 valence electrons. The van der Waals surface area contributed by atoms with Crippen molar-refractivity contribution in [1.82, 2.24) is 20.9 Å². The van der Waals surface area contributed by atoms with E-state index in [4.69, 9.17) is 23.1 Å². The number of nitrogens with zero attached hydrogens (tertiary/aromatic N) is 2. The smallest absolute Gasteiger partial charge is 0.250 e. The summed E-state index contributed by atoms with van der Waals surface area (Å²) >= 11 is 5.98. The number of hydrogen-bond donors (Lipinski definition) is 5. The van der Waals surface area contributed by atoms with Crippen molar-refractivity contribution in [3.63, 3.8) is 0 Å². The molecule has 0 radical (unpaired) electrons. The molecule has 8 nitrogen and oxygen atoms in total. The van der Waals surface area contributed by atoms with E-state index in [2.05, 4.69) is 71.8 Å². The van der Waals surface area contributed by atoms with Crippen LogP contribution in [0.3, 0.4) is 0 Å². The van der Waals surface area contributed by atoms with Gasteiger partial charge in [-0.25, -0.2) is 4.99 Å². The number of aliphatic imine (C=N–C) groups is 1. The Morgan fingerprint density at radius 3 is 2.69 bits per heavy atom. The van der Waals surface area contributed by atoms with Crippen LogP contribution in [0.5, 0.6) is 0 Å². The maximum Gasteiger partial charge on any atom is 0.250 e. The lowest BCUT2D eigenvalue weighted by Crippen LogP contribution is -2.56. The van der Waals surface area contributed by atoms with E-state index in [0.717, 1.165) is 25.8 Å². The molecular weight excluding hydrogens is 426 g/mol. The maximum absolute atomic E-state index is 12.7. The lowest BCUT2D eigenvalue weighted by molar-refractivity contribution is -0.121. The molecule has 0 saturated heterocycles. The molecule has 0 aromatic carbocycles. The molecule has 0 spiro atoms. The first-order valence-corrected chi connectivity index (χ1v) is 11.5. The predicted molar refractivity (Wildman–Crippen MR) is 130 cm³/mol. The topological polar surface area (TPSA) is 121 Å². The molecular formula is C23H34ClN7O. The minimum absolute atomic E-state index is 0.0572. The van der Waals surface area contributed by atoms with Crippen molar-refractivity contribution in [2.45, 2.75) is 59.2 Å². The molecule has 0 fully saturated rings. The Labute approximate surface area is 195 Å². The van der Waals surface area contributed by atoms with Gasteiger partial charge in [0.25, 0.3) is 5.91 Å². The van der Waals surface area contributed by atoms with Gasteiger partial charge in [-0.2, -0.15) is 0 Å². The zero-order chi connectivity index (χ0) is 23.4. The highest BCUT2D eigenvalue weighted by atomic mass is 35.5. The van der Waals surface area contributed by atoms with Gasteiger partial charge in [-0.1, -0.05) is 36.2 Å². The van der Waals surface area contributed by atoms with Crippen LogP contribution in [0.15, 0.2) is 62.3 Å². The molecule has 0 aromatic rings. The maximum atomic E-state index is 12.7. The van der Waals surface area contributed by atoms with Crippen LogP contribution in [-0.2, 0) is 4.79 Å². The molecule has 3 aliphatic rings. The lowest BCUT2D eigenvalue weighted by atomic mass is 9.94. The largest absolute Gasteiger partial charge is 0.385 e. The minimum atomic E-state index is -0.846. The minimum Gasteiger partial charge on any atom is -0.385 e. The fourth-order valence-electron chi connectivity index (χ4n) is 4.09. The number of allylic oxidation sites excluding steroid dienone is 7. The Morgan fingerprint density at radius 1 is 1.31 bits per heavy atom. The summed E-state index contributed by atoms with van der Waals surface area (Å²) in [7, 11) is 0. The first-order chi connectivity index (χ1) is 15.2. The van der Waals surface area contributed by atoms with E-state index in [9.17, 15) is 4.79 Å². The third-order valence-electron chi connectivity index (χ3n) is 6.02. The van der Waals surface area contributed by atoms with E-state index < -0.39 is 6.04 Å². The Bertz CT molecular complexity index is 957. The zero-order valence-corrected chi connectivity index (χ0v) is 20.0. The number of rotatable bonds is 7. The Kier molecular flexibility index (Phi) is 7.56. The van der Waals surface area contributed by atoms with Gasteiger partial charge in [-0.05, 0) is 57.3 Å². The molecule has 1 aliphatic carbocycles. The highest BCUT2D eigenvalue weighted by Gasteiger charge is 2.31. The van der Waals surface area contributed by atoms with Crippen LogP contribution in [-0.4, -0.2) is 41.9 Å². The molecule has 7 N–H and O–H groups in total. The number of likely N-dealkylation sites (N-methyl/N-ethyl adjacent to an activating group) is 1. The number of hydrogen-bond acceptors (Lipinski definition) is 7. The summed E-state index contributed by atoms with van der Waals surface area (Å²) in [6.07, 6.45) is 9.68. The first kappa shape index (κ1) is 23.8. The molecule has 1 amide bonds. The molecule has 2 heterocycles. The average molecular weight is 460 g/mol. The summed E-state index contributed by atoms with van der Waals surface area (Å²) in [5, 5.41) is 9.44. The van der Waals surface area contributed by atoms with Gasteiger partial charge >= 0.3 is 0 Å². The van der Waals surface area contributed by atoms with E-state index in [-0.39, 0.29) is 28.9 Å². The summed E-state index contributed by atoms with van der Waals surface area (Å²) in [6, 6.07) is -0.846. The average Bonchev–Trinajstić information content (AvgIpc) is 3.11. The number of nitrogens with two attached hydrogens (primary N) is 2. The van der Waals surface area contributed by atoms with Crippen molar-refractivity contribution in [2.75, 3.05) is 13.1 Å². The SMILES string of the molecule is CCC1=C(/C=C(\C)C2=CC=C(C)CC2)N(CC)C(CNC(=O)C2NC(Cl)=C(N)N=C2N)N1. The van der Waals surface area contributed by atoms with Gasteiger partial charge in [0.05, 0.1) is 12.2 Å². The predicted octanol–water partition coefficient (Wildman–Crippen LogP) is 2.24. The van der Waals surface area contributed by atoms with Crippen LogP contribution in [0, 0.1) is 0 Å². The van der Waals surface area contributed by atoms with Crippen molar-refractivity contribution in [3.8, 4) is 0 Å². The van der Waals surface area contributed by atoms with E-state index in [1.807, 2.05) is 0 Å². The second-order valence-corrected chi connectivity index (χ2v) is 8.63. The van der Waals surface area contributed by atoms with E-state index in [1.165, 1.54) is 28.1 Å². The first-order valence-electron chi connectivity index (χ1n) is 11.1. The third-order valence-corrected chi connectivity index (χ3v) is 6.32.